The zero-order valence-corrected chi connectivity index (χ0v) is 10.9. The molecule has 1 aromatic rings. The van der Waals surface area contributed by atoms with Crippen molar-refractivity contribution in [2.45, 2.75) is 50.4 Å². The average molecular weight is 247 g/mol. The molecule has 1 atom stereocenters. The number of halogens is 1. The highest BCUT2D eigenvalue weighted by Crippen LogP contribution is 2.51. The summed E-state index contributed by atoms with van der Waals surface area (Å²) < 4.78 is 14.4. The zero-order valence-electron chi connectivity index (χ0n) is 10.9. The summed E-state index contributed by atoms with van der Waals surface area (Å²) in [6.07, 6.45) is 8.13. The van der Waals surface area contributed by atoms with Gasteiger partial charge in [-0.05, 0) is 55.3 Å². The summed E-state index contributed by atoms with van der Waals surface area (Å²) in [5, 5.41) is 0. The monoisotopic (exact) mass is 247 g/mol. The molecule has 18 heavy (non-hydrogen) atoms. The molecule has 3 rings (SSSR count). The summed E-state index contributed by atoms with van der Waals surface area (Å²) in [4.78, 5) is 0. The van der Waals surface area contributed by atoms with Crippen LogP contribution in [0.15, 0.2) is 18.2 Å². The van der Waals surface area contributed by atoms with Gasteiger partial charge in [0.25, 0.3) is 0 Å². The zero-order chi connectivity index (χ0) is 12.6. The van der Waals surface area contributed by atoms with Gasteiger partial charge in [-0.15, -0.1) is 0 Å². The number of fused-ring (bicyclic) bond motifs is 2. The Bertz CT molecular complexity index is 435. The first kappa shape index (κ1) is 12.2. The number of benzene rings is 1. The smallest absolute Gasteiger partial charge is 0.127 e. The topological polar surface area (TPSA) is 26.0 Å². The van der Waals surface area contributed by atoms with Crippen LogP contribution in [0.2, 0.25) is 0 Å². The minimum Gasteiger partial charge on any atom is -0.330 e. The summed E-state index contributed by atoms with van der Waals surface area (Å²) in [5.74, 6) is 0.481. The van der Waals surface area contributed by atoms with E-state index in [0.717, 1.165) is 31.2 Å². The van der Waals surface area contributed by atoms with E-state index in [2.05, 4.69) is 6.07 Å². The largest absolute Gasteiger partial charge is 0.330 e. The summed E-state index contributed by atoms with van der Waals surface area (Å²) in [7, 11) is 0. The lowest BCUT2D eigenvalue weighted by Crippen LogP contribution is -2.45. The average Bonchev–Trinajstić information content (AvgIpc) is 2.40. The Morgan fingerprint density at radius 3 is 2.72 bits per heavy atom. The SMILES string of the molecule is NCC1CCc2cccc(F)c2C12CCCCC2. The second-order valence-corrected chi connectivity index (χ2v) is 5.96. The Balaban J connectivity index is 2.13. The number of nitrogens with two attached hydrogens (primary N) is 1. The first-order valence-corrected chi connectivity index (χ1v) is 7.26. The van der Waals surface area contributed by atoms with Crippen LogP contribution in [0.4, 0.5) is 4.39 Å². The molecule has 0 saturated heterocycles. The van der Waals surface area contributed by atoms with Crippen molar-refractivity contribution in [2.24, 2.45) is 11.7 Å². The molecule has 2 N–H and O–H groups in total. The summed E-state index contributed by atoms with van der Waals surface area (Å²) in [5.41, 5.74) is 8.30. The molecular formula is C16H22FN. The van der Waals surface area contributed by atoms with Crippen LogP contribution in [-0.4, -0.2) is 6.54 Å². The molecule has 0 amide bonds. The van der Waals surface area contributed by atoms with Gasteiger partial charge >= 0.3 is 0 Å². The van der Waals surface area contributed by atoms with Crippen LogP contribution in [0.25, 0.3) is 0 Å². The van der Waals surface area contributed by atoms with Gasteiger partial charge in [-0.3, -0.25) is 0 Å². The molecule has 0 aromatic heterocycles. The van der Waals surface area contributed by atoms with Crippen molar-refractivity contribution in [2.75, 3.05) is 6.54 Å². The van der Waals surface area contributed by atoms with E-state index in [9.17, 15) is 4.39 Å². The second kappa shape index (κ2) is 4.65. The molecule has 2 heteroatoms. The first-order chi connectivity index (χ1) is 8.78. The molecule has 1 saturated carbocycles. The van der Waals surface area contributed by atoms with Gasteiger partial charge in [0.15, 0.2) is 0 Å². The fraction of sp³-hybridized carbons (Fsp3) is 0.625. The molecule has 1 spiro atoms. The van der Waals surface area contributed by atoms with Gasteiger partial charge in [0.2, 0.25) is 0 Å². The summed E-state index contributed by atoms with van der Waals surface area (Å²) in [6.45, 7) is 0.702. The van der Waals surface area contributed by atoms with Gasteiger partial charge in [-0.1, -0.05) is 31.4 Å². The third-order valence-corrected chi connectivity index (χ3v) is 5.17. The number of hydrogen-bond acceptors (Lipinski definition) is 1. The van der Waals surface area contributed by atoms with Crippen molar-refractivity contribution in [3.05, 3.63) is 35.1 Å². The second-order valence-electron chi connectivity index (χ2n) is 5.96. The van der Waals surface area contributed by atoms with Crippen LogP contribution >= 0.6 is 0 Å². The third kappa shape index (κ3) is 1.70. The van der Waals surface area contributed by atoms with E-state index in [1.54, 1.807) is 6.07 Å². The molecule has 0 bridgehead atoms. The van der Waals surface area contributed by atoms with Gasteiger partial charge in [-0.25, -0.2) is 4.39 Å². The van der Waals surface area contributed by atoms with E-state index in [0.29, 0.717) is 12.5 Å². The molecule has 0 radical (unpaired) electrons. The molecule has 1 fully saturated rings. The number of rotatable bonds is 1. The predicted molar refractivity (Wildman–Crippen MR) is 72.0 cm³/mol. The molecule has 1 unspecified atom stereocenters. The summed E-state index contributed by atoms with van der Waals surface area (Å²) in [6, 6.07) is 5.60. The lowest BCUT2D eigenvalue weighted by atomic mass is 9.57. The van der Waals surface area contributed by atoms with Crippen LogP contribution in [0.3, 0.4) is 0 Å². The van der Waals surface area contributed by atoms with Crippen molar-refractivity contribution >= 4 is 0 Å². The maximum Gasteiger partial charge on any atom is 0.127 e. The molecule has 0 heterocycles. The quantitative estimate of drug-likeness (QED) is 0.807. The van der Waals surface area contributed by atoms with E-state index < -0.39 is 0 Å². The summed E-state index contributed by atoms with van der Waals surface area (Å²) >= 11 is 0. The van der Waals surface area contributed by atoms with Crippen LogP contribution in [0, 0.1) is 11.7 Å². The highest BCUT2D eigenvalue weighted by molar-refractivity contribution is 5.39. The lowest BCUT2D eigenvalue weighted by Gasteiger charge is -2.48. The maximum absolute atomic E-state index is 14.4. The molecule has 98 valence electrons. The predicted octanol–water partition coefficient (Wildman–Crippen LogP) is 3.55. The van der Waals surface area contributed by atoms with Gasteiger partial charge in [-0.2, -0.15) is 0 Å². The van der Waals surface area contributed by atoms with Gasteiger partial charge in [0, 0.05) is 5.41 Å². The Kier molecular flexibility index (Phi) is 3.14. The van der Waals surface area contributed by atoms with Crippen LogP contribution < -0.4 is 5.73 Å². The van der Waals surface area contributed by atoms with Gasteiger partial charge < -0.3 is 5.73 Å². The number of aryl methyl sites for hydroxylation is 1. The molecule has 0 aliphatic heterocycles. The van der Waals surface area contributed by atoms with Gasteiger partial charge in [0.1, 0.15) is 5.82 Å². The normalized spacial score (nSPS) is 26.0. The molecule has 1 aromatic carbocycles. The Hall–Kier alpha value is -0.890. The van der Waals surface area contributed by atoms with Crippen LogP contribution in [0.1, 0.15) is 49.7 Å². The van der Waals surface area contributed by atoms with E-state index in [1.807, 2.05) is 6.07 Å². The Labute approximate surface area is 109 Å². The maximum atomic E-state index is 14.4. The molecule has 1 nitrogen and oxygen atoms in total. The fourth-order valence-electron chi connectivity index (χ4n) is 4.33. The van der Waals surface area contributed by atoms with Crippen molar-refractivity contribution < 1.29 is 4.39 Å². The molecular weight excluding hydrogens is 225 g/mol. The van der Waals surface area contributed by atoms with Crippen molar-refractivity contribution in [1.82, 2.24) is 0 Å². The standard InChI is InChI=1S/C16H22FN/c17-14-6-4-5-12-7-8-13(11-18)16(15(12)14)9-2-1-3-10-16/h4-6,13H,1-3,7-11,18H2. The van der Waals surface area contributed by atoms with E-state index in [4.69, 9.17) is 5.73 Å². The Morgan fingerprint density at radius 2 is 2.00 bits per heavy atom. The van der Waals surface area contributed by atoms with E-state index in [1.165, 1.54) is 24.8 Å². The van der Waals surface area contributed by atoms with Crippen LogP contribution in [-0.2, 0) is 11.8 Å². The first-order valence-electron chi connectivity index (χ1n) is 7.26. The minimum atomic E-state index is 0.00699. The van der Waals surface area contributed by atoms with Crippen molar-refractivity contribution in [3.63, 3.8) is 0 Å². The highest BCUT2D eigenvalue weighted by atomic mass is 19.1. The minimum absolute atomic E-state index is 0.00699. The lowest BCUT2D eigenvalue weighted by molar-refractivity contribution is 0.165. The van der Waals surface area contributed by atoms with Crippen molar-refractivity contribution in [3.8, 4) is 0 Å². The van der Waals surface area contributed by atoms with E-state index >= 15 is 0 Å². The molecule has 2 aliphatic rings. The highest BCUT2D eigenvalue weighted by Gasteiger charge is 2.45. The Morgan fingerprint density at radius 1 is 1.22 bits per heavy atom. The van der Waals surface area contributed by atoms with Gasteiger partial charge in [0.05, 0.1) is 0 Å². The van der Waals surface area contributed by atoms with Crippen molar-refractivity contribution in [1.29, 1.82) is 0 Å². The fourth-order valence-corrected chi connectivity index (χ4v) is 4.33. The number of hydrogen-bond donors (Lipinski definition) is 1. The van der Waals surface area contributed by atoms with E-state index in [-0.39, 0.29) is 11.2 Å². The van der Waals surface area contributed by atoms with Crippen LogP contribution in [0.5, 0.6) is 0 Å². The molecule has 2 aliphatic carbocycles. The third-order valence-electron chi connectivity index (χ3n) is 5.17.